The second-order valence-electron chi connectivity index (χ2n) is 9.21. The summed E-state index contributed by atoms with van der Waals surface area (Å²) in [6, 6.07) is 19.9. The molecule has 2 aliphatic heterocycles. The molecule has 3 aromatic rings. The van der Waals surface area contributed by atoms with Crippen molar-refractivity contribution in [2.45, 2.75) is 31.5 Å². The highest BCUT2D eigenvalue weighted by Crippen LogP contribution is 2.54. The van der Waals surface area contributed by atoms with Crippen molar-refractivity contribution in [1.29, 1.82) is 0 Å². The highest BCUT2D eigenvalue weighted by Gasteiger charge is 2.59. The molecule has 2 heterocycles. The number of fused-ring (bicyclic) bond motifs is 2. The molecule has 1 atom stereocenters. The summed E-state index contributed by atoms with van der Waals surface area (Å²) in [6.45, 7) is 4.52. The fraction of sp³-hybridized carbons (Fsp3) is 0.222. The lowest BCUT2D eigenvalue weighted by Gasteiger charge is -2.46. The quantitative estimate of drug-likeness (QED) is 0.380. The van der Waals surface area contributed by atoms with Gasteiger partial charge in [-0.1, -0.05) is 48.0 Å². The lowest BCUT2D eigenvalue weighted by molar-refractivity contribution is -0.384. The number of nitrogens with zero attached hydrogens (tertiary/aromatic N) is 2. The average Bonchev–Trinajstić information content (AvgIpc) is 3.02. The van der Waals surface area contributed by atoms with Crippen LogP contribution in [0, 0.1) is 10.1 Å². The normalized spacial score (nSPS) is 19.1. The number of anilines is 1. The first-order chi connectivity index (χ1) is 16.7. The van der Waals surface area contributed by atoms with Crippen molar-refractivity contribution in [3.05, 3.63) is 105 Å². The molecule has 8 heteroatoms. The van der Waals surface area contributed by atoms with Gasteiger partial charge in [-0.15, -0.1) is 0 Å². The van der Waals surface area contributed by atoms with Crippen molar-refractivity contribution in [3.63, 3.8) is 0 Å². The van der Waals surface area contributed by atoms with Crippen molar-refractivity contribution >= 4 is 35.0 Å². The standard InChI is InChI=1S/C27H24ClN3O4/c1-26(2)21-8-4-6-10-23(21)30(17-25(32)29-16-19-7-3-5-9-22(19)28)27(26)14-13-18-15-20(31(33)34)11-12-24(18)35-27/h3-15H,16-17H2,1-2H3,(H,29,32). The van der Waals surface area contributed by atoms with Gasteiger partial charge in [0.15, 0.2) is 0 Å². The zero-order valence-corrected chi connectivity index (χ0v) is 20.1. The average molecular weight is 490 g/mol. The third kappa shape index (κ3) is 3.72. The van der Waals surface area contributed by atoms with Gasteiger partial charge in [0.1, 0.15) is 12.3 Å². The van der Waals surface area contributed by atoms with Crippen LogP contribution in [0.15, 0.2) is 72.8 Å². The molecular formula is C27H24ClN3O4. The van der Waals surface area contributed by atoms with Gasteiger partial charge in [0, 0.05) is 35.0 Å². The molecule has 0 aromatic heterocycles. The SMILES string of the molecule is CC1(C)c2ccccc2N(CC(=O)NCc2ccccc2Cl)C12C=Cc1cc([N+](=O)[O-])ccc1O2. The molecule has 5 rings (SSSR count). The first kappa shape index (κ1) is 22.9. The second kappa shape index (κ2) is 8.43. The number of carbonyl (C=O) groups excluding carboxylic acids is 1. The van der Waals surface area contributed by atoms with Crippen LogP contribution in [0.25, 0.3) is 6.08 Å². The van der Waals surface area contributed by atoms with Gasteiger partial charge in [-0.3, -0.25) is 14.9 Å². The Morgan fingerprint density at radius 1 is 1.11 bits per heavy atom. The number of ether oxygens (including phenoxy) is 1. The van der Waals surface area contributed by atoms with Gasteiger partial charge >= 0.3 is 0 Å². The lowest BCUT2D eigenvalue weighted by atomic mass is 9.76. The van der Waals surface area contributed by atoms with Crippen molar-refractivity contribution in [2.75, 3.05) is 11.4 Å². The van der Waals surface area contributed by atoms with Crippen molar-refractivity contribution in [3.8, 4) is 5.75 Å². The minimum atomic E-state index is -0.998. The smallest absolute Gasteiger partial charge is 0.270 e. The van der Waals surface area contributed by atoms with Crippen molar-refractivity contribution in [1.82, 2.24) is 5.32 Å². The van der Waals surface area contributed by atoms with E-state index in [1.165, 1.54) is 12.1 Å². The van der Waals surface area contributed by atoms with Crippen LogP contribution < -0.4 is 15.0 Å². The number of non-ortho nitro benzene ring substituents is 1. The van der Waals surface area contributed by atoms with E-state index in [2.05, 4.69) is 19.2 Å². The van der Waals surface area contributed by atoms with Gasteiger partial charge in [0.05, 0.1) is 10.3 Å². The summed E-state index contributed by atoms with van der Waals surface area (Å²) < 4.78 is 6.62. The van der Waals surface area contributed by atoms with E-state index in [0.717, 1.165) is 16.8 Å². The number of halogens is 1. The minimum absolute atomic E-state index is 0.00211. The minimum Gasteiger partial charge on any atom is -0.463 e. The summed E-state index contributed by atoms with van der Waals surface area (Å²) in [5.41, 5.74) is 1.89. The third-order valence-corrected chi connectivity index (χ3v) is 7.23. The van der Waals surface area contributed by atoms with Gasteiger partial charge in [0.2, 0.25) is 11.6 Å². The number of hydrogen-bond acceptors (Lipinski definition) is 5. The van der Waals surface area contributed by atoms with E-state index in [4.69, 9.17) is 16.3 Å². The zero-order valence-electron chi connectivity index (χ0n) is 19.3. The van der Waals surface area contributed by atoms with E-state index < -0.39 is 16.1 Å². The molecule has 0 saturated carbocycles. The van der Waals surface area contributed by atoms with E-state index in [-0.39, 0.29) is 18.1 Å². The number of nitrogens with one attached hydrogen (secondary N) is 1. The summed E-state index contributed by atoms with van der Waals surface area (Å²) in [6.07, 6.45) is 3.74. The Kier molecular flexibility index (Phi) is 5.52. The molecule has 0 aliphatic carbocycles. The molecule has 0 saturated heterocycles. The fourth-order valence-electron chi connectivity index (χ4n) is 4.94. The predicted molar refractivity (Wildman–Crippen MR) is 136 cm³/mol. The van der Waals surface area contributed by atoms with Crippen molar-refractivity contribution in [2.24, 2.45) is 0 Å². The van der Waals surface area contributed by atoms with E-state index >= 15 is 0 Å². The Hall–Kier alpha value is -3.84. The predicted octanol–water partition coefficient (Wildman–Crippen LogP) is 5.46. The number of amides is 1. The maximum absolute atomic E-state index is 13.1. The van der Waals surface area contributed by atoms with Gasteiger partial charge in [-0.2, -0.15) is 0 Å². The summed E-state index contributed by atoms with van der Waals surface area (Å²) in [5.74, 6) is 0.351. The molecule has 0 fully saturated rings. The number of benzene rings is 3. The Balaban J connectivity index is 1.49. The largest absolute Gasteiger partial charge is 0.463 e. The Morgan fingerprint density at radius 3 is 2.63 bits per heavy atom. The molecule has 7 nitrogen and oxygen atoms in total. The van der Waals surface area contributed by atoms with Crippen molar-refractivity contribution < 1.29 is 14.5 Å². The van der Waals surface area contributed by atoms with E-state index in [9.17, 15) is 14.9 Å². The van der Waals surface area contributed by atoms with Gasteiger partial charge in [0.25, 0.3) is 5.69 Å². The van der Waals surface area contributed by atoms with Gasteiger partial charge < -0.3 is 15.0 Å². The first-order valence-electron chi connectivity index (χ1n) is 11.3. The summed E-state index contributed by atoms with van der Waals surface area (Å²) in [4.78, 5) is 25.9. The van der Waals surface area contributed by atoms with Crippen LogP contribution in [0.1, 0.15) is 30.5 Å². The maximum Gasteiger partial charge on any atom is 0.270 e. The molecule has 1 amide bonds. The number of nitro benzene ring substituents is 1. The summed E-state index contributed by atoms with van der Waals surface area (Å²) in [7, 11) is 0. The number of nitro groups is 1. The highest BCUT2D eigenvalue weighted by atomic mass is 35.5. The second-order valence-corrected chi connectivity index (χ2v) is 9.61. The summed E-state index contributed by atoms with van der Waals surface area (Å²) in [5, 5.41) is 14.8. The lowest BCUT2D eigenvalue weighted by Crippen LogP contribution is -2.61. The molecule has 178 valence electrons. The van der Waals surface area contributed by atoms with Crippen LogP contribution in [0.4, 0.5) is 11.4 Å². The Bertz CT molecular complexity index is 1370. The number of hydrogen-bond donors (Lipinski definition) is 1. The van der Waals surface area contributed by atoms with Crippen LogP contribution in [-0.4, -0.2) is 23.1 Å². The van der Waals surface area contributed by atoms with Crippen LogP contribution in [-0.2, 0) is 16.8 Å². The zero-order chi connectivity index (χ0) is 24.8. The van der Waals surface area contributed by atoms with Gasteiger partial charge in [-0.25, -0.2) is 0 Å². The monoisotopic (exact) mass is 489 g/mol. The first-order valence-corrected chi connectivity index (χ1v) is 11.6. The molecule has 3 aromatic carbocycles. The van der Waals surface area contributed by atoms with Crippen LogP contribution >= 0.6 is 11.6 Å². The fourth-order valence-corrected chi connectivity index (χ4v) is 5.15. The van der Waals surface area contributed by atoms with Crippen LogP contribution in [0.5, 0.6) is 5.75 Å². The third-order valence-electron chi connectivity index (χ3n) is 6.86. The molecule has 1 unspecified atom stereocenters. The Morgan fingerprint density at radius 2 is 1.86 bits per heavy atom. The van der Waals surface area contributed by atoms with Crippen LogP contribution in [0.3, 0.4) is 0 Å². The summed E-state index contributed by atoms with van der Waals surface area (Å²) >= 11 is 6.24. The topological polar surface area (TPSA) is 84.7 Å². The number of rotatable bonds is 5. The molecule has 35 heavy (non-hydrogen) atoms. The number of para-hydroxylation sites is 1. The Labute approximate surface area is 208 Å². The molecule has 0 bridgehead atoms. The van der Waals surface area contributed by atoms with Gasteiger partial charge in [-0.05, 0) is 55.3 Å². The van der Waals surface area contributed by atoms with Crippen LogP contribution in [0.2, 0.25) is 5.02 Å². The van der Waals surface area contributed by atoms with E-state index in [1.54, 1.807) is 12.1 Å². The van der Waals surface area contributed by atoms with E-state index in [1.807, 2.05) is 59.5 Å². The maximum atomic E-state index is 13.1. The molecule has 1 N–H and O–H groups in total. The molecule has 2 aliphatic rings. The molecule has 0 radical (unpaired) electrons. The van der Waals surface area contributed by atoms with E-state index in [0.29, 0.717) is 22.9 Å². The highest BCUT2D eigenvalue weighted by molar-refractivity contribution is 6.31. The number of carbonyl (C=O) groups is 1. The molecular weight excluding hydrogens is 466 g/mol. The molecule has 1 spiro atoms.